The molecule has 2 rings (SSSR count). The number of para-hydroxylation sites is 1. The monoisotopic (exact) mass is 262 g/mol. The minimum atomic E-state index is -0.428. The molecule has 102 valence electrons. The second-order valence-corrected chi connectivity index (χ2v) is 4.86. The van der Waals surface area contributed by atoms with Crippen molar-refractivity contribution in [3.05, 3.63) is 30.0 Å². The summed E-state index contributed by atoms with van der Waals surface area (Å²) in [7, 11) is 0. The van der Waals surface area contributed by atoms with Gasteiger partial charge in [-0.25, -0.2) is 0 Å². The lowest BCUT2D eigenvalue weighted by Gasteiger charge is -2.14. The molecule has 1 aromatic heterocycles. The number of amides is 1. The average Bonchev–Trinajstić information content (AvgIpc) is 2.71. The molecule has 0 aliphatic heterocycles. The number of aromatic nitrogens is 1. The first-order valence-corrected chi connectivity index (χ1v) is 6.37. The van der Waals surface area contributed by atoms with E-state index in [0.29, 0.717) is 17.7 Å². The van der Waals surface area contributed by atoms with Gasteiger partial charge in [0.2, 0.25) is 5.91 Å². The number of fused-ring (bicyclic) bond motifs is 1. The number of benzene rings is 1. The number of carbonyl (C=O) groups is 1. The zero-order valence-corrected chi connectivity index (χ0v) is 11.1. The SMILES string of the molecule is CC(O)CC(C)NC(=O)Cc1noc2ccccc12. The van der Waals surface area contributed by atoms with Crippen LogP contribution in [-0.4, -0.2) is 28.3 Å². The lowest BCUT2D eigenvalue weighted by molar-refractivity contribution is -0.121. The molecule has 0 spiro atoms. The minimum Gasteiger partial charge on any atom is -0.393 e. The number of hydrogen-bond acceptors (Lipinski definition) is 4. The second kappa shape index (κ2) is 5.84. The van der Waals surface area contributed by atoms with Gasteiger partial charge in [0.1, 0.15) is 5.69 Å². The molecular formula is C14H18N2O3. The molecule has 0 saturated carbocycles. The third-order valence-corrected chi connectivity index (χ3v) is 2.88. The number of hydrogen-bond donors (Lipinski definition) is 2. The molecule has 5 heteroatoms. The fourth-order valence-corrected chi connectivity index (χ4v) is 2.11. The third kappa shape index (κ3) is 3.54. The van der Waals surface area contributed by atoms with Crippen molar-refractivity contribution in [3.63, 3.8) is 0 Å². The maximum Gasteiger partial charge on any atom is 0.226 e. The molecule has 0 bridgehead atoms. The Morgan fingerprint density at radius 1 is 1.42 bits per heavy atom. The quantitative estimate of drug-likeness (QED) is 0.859. The van der Waals surface area contributed by atoms with Crippen molar-refractivity contribution in [2.45, 2.75) is 38.8 Å². The summed E-state index contributed by atoms with van der Waals surface area (Å²) >= 11 is 0. The van der Waals surface area contributed by atoms with Crippen LogP contribution in [0.3, 0.4) is 0 Å². The first kappa shape index (κ1) is 13.5. The highest BCUT2D eigenvalue weighted by Gasteiger charge is 2.14. The number of nitrogens with zero attached hydrogens (tertiary/aromatic N) is 1. The van der Waals surface area contributed by atoms with Gasteiger partial charge in [-0.3, -0.25) is 4.79 Å². The third-order valence-electron chi connectivity index (χ3n) is 2.88. The Labute approximate surface area is 111 Å². The fourth-order valence-electron chi connectivity index (χ4n) is 2.11. The van der Waals surface area contributed by atoms with Crippen LogP contribution in [0.25, 0.3) is 11.0 Å². The van der Waals surface area contributed by atoms with Crippen LogP contribution in [0.15, 0.2) is 28.8 Å². The highest BCUT2D eigenvalue weighted by atomic mass is 16.5. The van der Waals surface area contributed by atoms with Crippen molar-refractivity contribution in [3.8, 4) is 0 Å². The Morgan fingerprint density at radius 2 is 2.16 bits per heavy atom. The van der Waals surface area contributed by atoms with Gasteiger partial charge >= 0.3 is 0 Å². The Morgan fingerprint density at radius 3 is 2.89 bits per heavy atom. The van der Waals surface area contributed by atoms with E-state index in [0.717, 1.165) is 5.39 Å². The first-order chi connectivity index (χ1) is 9.06. The van der Waals surface area contributed by atoms with E-state index < -0.39 is 6.10 Å². The van der Waals surface area contributed by atoms with Gasteiger partial charge in [-0.1, -0.05) is 17.3 Å². The lowest BCUT2D eigenvalue weighted by Crippen LogP contribution is -2.35. The van der Waals surface area contributed by atoms with E-state index in [1.165, 1.54) is 0 Å². The molecule has 2 atom stereocenters. The summed E-state index contributed by atoms with van der Waals surface area (Å²) in [6, 6.07) is 7.39. The second-order valence-electron chi connectivity index (χ2n) is 4.86. The van der Waals surface area contributed by atoms with E-state index in [9.17, 15) is 9.90 Å². The van der Waals surface area contributed by atoms with Gasteiger partial charge in [-0.2, -0.15) is 0 Å². The van der Waals surface area contributed by atoms with Gasteiger partial charge < -0.3 is 14.9 Å². The highest BCUT2D eigenvalue weighted by Crippen LogP contribution is 2.18. The maximum atomic E-state index is 11.9. The van der Waals surface area contributed by atoms with E-state index in [1.54, 1.807) is 6.92 Å². The molecule has 19 heavy (non-hydrogen) atoms. The lowest BCUT2D eigenvalue weighted by atomic mass is 10.1. The van der Waals surface area contributed by atoms with Gasteiger partial charge in [0, 0.05) is 11.4 Å². The Balaban J connectivity index is 1.99. The largest absolute Gasteiger partial charge is 0.393 e. The van der Waals surface area contributed by atoms with Crippen LogP contribution in [0.4, 0.5) is 0 Å². The number of rotatable bonds is 5. The Kier molecular flexibility index (Phi) is 4.16. The summed E-state index contributed by atoms with van der Waals surface area (Å²) in [6.45, 7) is 3.57. The summed E-state index contributed by atoms with van der Waals surface area (Å²) in [5.41, 5.74) is 1.32. The number of aliphatic hydroxyl groups excluding tert-OH is 1. The van der Waals surface area contributed by atoms with Gasteiger partial charge in [0.25, 0.3) is 0 Å². The summed E-state index contributed by atoms with van der Waals surface area (Å²) in [4.78, 5) is 11.9. The van der Waals surface area contributed by atoms with Crippen molar-refractivity contribution in [1.29, 1.82) is 0 Å². The van der Waals surface area contributed by atoms with Crippen LogP contribution in [0.1, 0.15) is 26.0 Å². The van der Waals surface area contributed by atoms with Gasteiger partial charge in [-0.15, -0.1) is 0 Å². The van der Waals surface area contributed by atoms with Crippen molar-refractivity contribution in [1.82, 2.24) is 10.5 Å². The number of aliphatic hydroxyl groups is 1. The molecule has 0 aliphatic carbocycles. The van der Waals surface area contributed by atoms with Crippen LogP contribution in [-0.2, 0) is 11.2 Å². The van der Waals surface area contributed by atoms with Crippen LogP contribution in [0, 0.1) is 0 Å². The minimum absolute atomic E-state index is 0.0642. The van der Waals surface area contributed by atoms with Crippen molar-refractivity contribution in [2.24, 2.45) is 0 Å². The molecule has 2 N–H and O–H groups in total. The molecule has 0 radical (unpaired) electrons. The van der Waals surface area contributed by atoms with E-state index in [4.69, 9.17) is 4.52 Å². The van der Waals surface area contributed by atoms with Crippen molar-refractivity contribution in [2.75, 3.05) is 0 Å². The standard InChI is InChI=1S/C14H18N2O3/c1-9(7-10(2)17)15-14(18)8-12-11-5-3-4-6-13(11)19-16-12/h3-6,9-10,17H,7-8H2,1-2H3,(H,15,18). The average molecular weight is 262 g/mol. The van der Waals surface area contributed by atoms with E-state index in [-0.39, 0.29) is 18.4 Å². The zero-order chi connectivity index (χ0) is 13.8. The normalized spacial score (nSPS) is 14.3. The van der Waals surface area contributed by atoms with Crippen molar-refractivity contribution >= 4 is 16.9 Å². The van der Waals surface area contributed by atoms with Gasteiger partial charge in [-0.05, 0) is 32.4 Å². The van der Waals surface area contributed by atoms with Crippen LogP contribution < -0.4 is 5.32 Å². The molecule has 1 aromatic carbocycles. The highest BCUT2D eigenvalue weighted by molar-refractivity contribution is 5.86. The zero-order valence-electron chi connectivity index (χ0n) is 11.1. The van der Waals surface area contributed by atoms with Gasteiger partial charge in [0.05, 0.1) is 12.5 Å². The molecule has 0 aliphatic rings. The molecule has 0 saturated heterocycles. The maximum absolute atomic E-state index is 11.9. The summed E-state index contributed by atoms with van der Waals surface area (Å²) in [5, 5.41) is 16.9. The molecule has 0 fully saturated rings. The Bertz CT molecular complexity index is 563. The predicted molar refractivity (Wildman–Crippen MR) is 71.6 cm³/mol. The topological polar surface area (TPSA) is 75.4 Å². The molecule has 2 aromatic rings. The molecule has 2 unspecified atom stereocenters. The molecule has 1 amide bonds. The number of nitrogens with one attached hydrogen (secondary N) is 1. The van der Waals surface area contributed by atoms with Crippen LogP contribution in [0.2, 0.25) is 0 Å². The summed E-state index contributed by atoms with van der Waals surface area (Å²) in [6.07, 6.45) is 0.287. The van der Waals surface area contributed by atoms with E-state index in [2.05, 4.69) is 10.5 Å². The molecular weight excluding hydrogens is 244 g/mol. The van der Waals surface area contributed by atoms with E-state index >= 15 is 0 Å². The first-order valence-electron chi connectivity index (χ1n) is 6.37. The van der Waals surface area contributed by atoms with E-state index in [1.807, 2.05) is 31.2 Å². The van der Waals surface area contributed by atoms with Gasteiger partial charge in [0.15, 0.2) is 5.58 Å². The molecule has 1 heterocycles. The molecule has 5 nitrogen and oxygen atoms in total. The van der Waals surface area contributed by atoms with Crippen LogP contribution in [0.5, 0.6) is 0 Å². The predicted octanol–water partition coefficient (Wildman–Crippen LogP) is 1.65. The van der Waals surface area contributed by atoms with Crippen molar-refractivity contribution < 1.29 is 14.4 Å². The summed E-state index contributed by atoms with van der Waals surface area (Å²) in [5.74, 6) is -0.118. The van der Waals surface area contributed by atoms with Crippen LogP contribution >= 0.6 is 0 Å². The summed E-state index contributed by atoms with van der Waals surface area (Å²) < 4.78 is 5.15. The Hall–Kier alpha value is -1.88. The number of carbonyl (C=O) groups excluding carboxylic acids is 1. The smallest absolute Gasteiger partial charge is 0.226 e. The fraction of sp³-hybridized carbons (Fsp3) is 0.429.